The Bertz CT molecular complexity index is 1580. The summed E-state index contributed by atoms with van der Waals surface area (Å²) in [7, 11) is 0. The van der Waals surface area contributed by atoms with E-state index in [2.05, 4.69) is 16.0 Å². The third kappa shape index (κ3) is 39.7. The van der Waals surface area contributed by atoms with Gasteiger partial charge >= 0.3 is 23.9 Å². The lowest BCUT2D eigenvalue weighted by Gasteiger charge is -2.15. The van der Waals surface area contributed by atoms with Gasteiger partial charge in [0.1, 0.15) is 30.8 Å². The number of ketones is 3. The quantitative estimate of drug-likeness (QED) is 0.0405. The molecule has 3 amide bonds. The summed E-state index contributed by atoms with van der Waals surface area (Å²) in [5, 5.41) is 53.7. The first-order valence-corrected chi connectivity index (χ1v) is 25.9. The molecule has 0 fully saturated rings. The fraction of sp³-hybridized carbons (Fsp3) is 0.792. The number of aliphatic carboxylic acids is 4. The van der Waals surface area contributed by atoms with E-state index in [-0.39, 0.29) is 146 Å². The van der Waals surface area contributed by atoms with Crippen LogP contribution >= 0.6 is 11.8 Å². The van der Waals surface area contributed by atoms with Crippen molar-refractivity contribution >= 4 is 70.7 Å². The summed E-state index contributed by atoms with van der Waals surface area (Å²) in [5.74, 6) is -7.98. The highest BCUT2D eigenvalue weighted by Crippen LogP contribution is 2.20. The first-order chi connectivity index (χ1) is 34.0. The molecule has 23 heteroatoms. The fourth-order valence-electron chi connectivity index (χ4n) is 6.88. The molecule has 0 radical (unpaired) electrons. The van der Waals surface area contributed by atoms with Gasteiger partial charge in [-0.15, -0.1) is 0 Å². The second-order valence-corrected chi connectivity index (χ2v) is 18.2. The molecule has 0 aliphatic carbocycles. The van der Waals surface area contributed by atoms with Gasteiger partial charge in [-0.2, -0.15) is 11.8 Å². The average Bonchev–Trinajstić information content (AvgIpc) is 3.32. The van der Waals surface area contributed by atoms with Gasteiger partial charge in [-0.3, -0.25) is 43.2 Å². The number of hydrogen-bond donors (Lipinski definition) is 8. The van der Waals surface area contributed by atoms with Crippen molar-refractivity contribution < 1.29 is 92.4 Å². The average molecular weight is 1040 g/mol. The zero-order valence-electron chi connectivity index (χ0n) is 41.5. The number of aliphatic hydroxyl groups is 1. The lowest BCUT2D eigenvalue weighted by molar-refractivity contribution is -0.145. The number of thioether (sulfide) groups is 1. The topological polar surface area (TPSA) is 345 Å². The number of carbonyl (C=O) groups excluding carboxylic acids is 6. The van der Waals surface area contributed by atoms with E-state index < -0.39 is 60.2 Å². The fourth-order valence-corrected chi connectivity index (χ4v) is 8.07. The molecule has 0 aliphatic heterocycles. The van der Waals surface area contributed by atoms with Crippen molar-refractivity contribution in [3.8, 4) is 0 Å². The third-order valence-electron chi connectivity index (χ3n) is 11.1. The molecule has 0 unspecified atom stereocenters. The maximum Gasteiger partial charge on any atom is 0.326 e. The van der Waals surface area contributed by atoms with Crippen LogP contribution in [-0.4, -0.2) is 175 Å². The second kappa shape index (κ2) is 44.2. The summed E-state index contributed by atoms with van der Waals surface area (Å²) >= 11 is 1.31. The number of amides is 3. The Kier molecular flexibility index (Phi) is 41.3. The third-order valence-corrected chi connectivity index (χ3v) is 12.3. The van der Waals surface area contributed by atoms with Gasteiger partial charge < -0.3 is 60.4 Å². The van der Waals surface area contributed by atoms with Crippen LogP contribution in [0.2, 0.25) is 0 Å². The van der Waals surface area contributed by atoms with Gasteiger partial charge in [-0.05, 0) is 38.5 Å². The maximum atomic E-state index is 12.4. The first kappa shape index (κ1) is 66.5. The molecule has 0 aliphatic rings. The van der Waals surface area contributed by atoms with Crippen LogP contribution in [0.1, 0.15) is 135 Å². The van der Waals surface area contributed by atoms with Crippen molar-refractivity contribution in [3.63, 3.8) is 0 Å². The van der Waals surface area contributed by atoms with Gasteiger partial charge in [-0.25, -0.2) is 4.79 Å². The van der Waals surface area contributed by atoms with E-state index in [0.717, 1.165) is 38.5 Å². The summed E-state index contributed by atoms with van der Waals surface area (Å²) in [6, 6.07) is -1.19. The minimum absolute atomic E-state index is 0.0110. The summed E-state index contributed by atoms with van der Waals surface area (Å²) in [4.78, 5) is 118. The first-order valence-electron chi connectivity index (χ1n) is 24.8. The van der Waals surface area contributed by atoms with Gasteiger partial charge in [0.05, 0.1) is 63.8 Å². The smallest absolute Gasteiger partial charge is 0.326 e. The van der Waals surface area contributed by atoms with E-state index in [4.69, 9.17) is 34.3 Å². The van der Waals surface area contributed by atoms with Crippen molar-refractivity contribution in [2.24, 2.45) is 17.8 Å². The van der Waals surface area contributed by atoms with Crippen molar-refractivity contribution in [1.29, 1.82) is 0 Å². The maximum absolute atomic E-state index is 12.4. The standard InChI is InChI=1S/C48H81N3O19S/c1-2-35(41(55)29-37(30-52)47(63)64)33-71-34-38(53)15-11-9-10-14-36(46(61)62)28-39(54)31-69-26-24-68-23-21-50-44(58)32-70-27-25-67-22-20-49-42(56)19-18-40(48(65)66)51-43(57)16-12-7-5-3-4-6-8-13-17-45(59)60/h35-37,40,52H,2-34H2,1H3,(H,49,56)(H,50,58)(H,51,57)(H,59,60)(H,61,62)(H,63,64)(H,65,66)/t35-,36+,37-,40+/m0/s1. The molecule has 408 valence electrons. The monoisotopic (exact) mass is 1040 g/mol. The lowest BCUT2D eigenvalue weighted by atomic mass is 9.94. The van der Waals surface area contributed by atoms with Crippen molar-refractivity contribution in [3.05, 3.63) is 0 Å². The van der Waals surface area contributed by atoms with E-state index in [1.807, 2.05) is 0 Å². The van der Waals surface area contributed by atoms with E-state index in [1.165, 1.54) is 11.8 Å². The lowest BCUT2D eigenvalue weighted by Crippen LogP contribution is -2.41. The van der Waals surface area contributed by atoms with Gasteiger partial charge in [0.15, 0.2) is 5.78 Å². The molecule has 0 saturated carbocycles. The van der Waals surface area contributed by atoms with Crippen molar-refractivity contribution in [1.82, 2.24) is 16.0 Å². The van der Waals surface area contributed by atoms with Crippen LogP contribution < -0.4 is 16.0 Å². The Morgan fingerprint density at radius 3 is 1.59 bits per heavy atom. The Labute approximate surface area is 421 Å². The molecule has 0 rings (SSSR count). The minimum Gasteiger partial charge on any atom is -0.481 e. The van der Waals surface area contributed by atoms with Gasteiger partial charge in [-0.1, -0.05) is 58.3 Å². The van der Waals surface area contributed by atoms with Crippen LogP contribution in [0.25, 0.3) is 0 Å². The molecule has 0 aromatic heterocycles. The number of ether oxygens (including phenoxy) is 4. The molecule has 0 aromatic rings. The molecule has 0 saturated heterocycles. The molecule has 8 N–H and O–H groups in total. The predicted octanol–water partition coefficient (Wildman–Crippen LogP) is 3.21. The summed E-state index contributed by atoms with van der Waals surface area (Å²) in [6.45, 7) is 1.85. The SMILES string of the molecule is CC[C@@H](CSCC(=O)CCCCC[C@H](CC(=O)COCCOCCNC(=O)COCCOCCNC(=O)CC[C@@H](NC(=O)CCCCCCCCCCC(=O)O)C(=O)O)C(=O)O)C(=O)C[C@@H](CO)C(=O)O. The number of hydrogen-bond acceptors (Lipinski definition) is 16. The molecule has 71 heavy (non-hydrogen) atoms. The Morgan fingerprint density at radius 1 is 0.493 bits per heavy atom. The number of carbonyl (C=O) groups is 10. The molecule has 22 nitrogen and oxygen atoms in total. The molecule has 0 aromatic carbocycles. The molecule has 4 atom stereocenters. The predicted molar refractivity (Wildman–Crippen MR) is 260 cm³/mol. The largest absolute Gasteiger partial charge is 0.481 e. The van der Waals surface area contributed by atoms with E-state index >= 15 is 0 Å². The normalized spacial score (nSPS) is 12.8. The number of rotatable bonds is 51. The number of carboxylic acid groups (broad SMARTS) is 4. The Hall–Kier alpha value is -4.55. The Balaban J connectivity index is 3.90. The molecular formula is C48H81N3O19S. The van der Waals surface area contributed by atoms with Crippen LogP contribution in [0.15, 0.2) is 0 Å². The molecule has 0 heterocycles. The number of aliphatic hydroxyl groups excluding tert-OH is 1. The summed E-state index contributed by atoms with van der Waals surface area (Å²) in [6.07, 6.45) is 9.38. The number of carboxylic acids is 4. The highest BCUT2D eigenvalue weighted by molar-refractivity contribution is 7.99. The summed E-state index contributed by atoms with van der Waals surface area (Å²) < 4.78 is 21.3. The molecule has 0 bridgehead atoms. The van der Waals surface area contributed by atoms with Crippen LogP contribution in [0.5, 0.6) is 0 Å². The molecule has 0 spiro atoms. The zero-order chi connectivity index (χ0) is 53.1. The highest BCUT2D eigenvalue weighted by Gasteiger charge is 2.26. The van der Waals surface area contributed by atoms with E-state index in [1.54, 1.807) is 6.92 Å². The minimum atomic E-state index is -1.23. The van der Waals surface area contributed by atoms with Crippen LogP contribution in [-0.2, 0) is 66.9 Å². The number of Topliss-reactive ketones (excluding diaryl/α,β-unsaturated/α-hetero) is 3. The van der Waals surface area contributed by atoms with E-state index in [9.17, 15) is 58.2 Å². The number of nitrogens with one attached hydrogen (secondary N) is 3. The van der Waals surface area contributed by atoms with Crippen molar-refractivity contribution in [2.75, 3.05) is 84.1 Å². The molecular weight excluding hydrogens is 955 g/mol. The Morgan fingerprint density at radius 2 is 1.03 bits per heavy atom. The van der Waals surface area contributed by atoms with Crippen LogP contribution in [0, 0.1) is 17.8 Å². The van der Waals surface area contributed by atoms with E-state index in [0.29, 0.717) is 50.7 Å². The zero-order valence-corrected chi connectivity index (χ0v) is 42.3. The van der Waals surface area contributed by atoms with Crippen LogP contribution in [0.4, 0.5) is 0 Å². The van der Waals surface area contributed by atoms with Crippen molar-refractivity contribution in [2.45, 2.75) is 141 Å². The number of unbranched alkanes of at least 4 members (excludes halogenated alkanes) is 9. The summed E-state index contributed by atoms with van der Waals surface area (Å²) in [5.41, 5.74) is 0. The van der Waals surface area contributed by atoms with Gasteiger partial charge in [0, 0.05) is 63.3 Å². The highest BCUT2D eigenvalue weighted by atomic mass is 32.2. The van der Waals surface area contributed by atoms with Crippen LogP contribution in [0.3, 0.4) is 0 Å². The van der Waals surface area contributed by atoms with Gasteiger partial charge in [0.25, 0.3) is 0 Å². The van der Waals surface area contributed by atoms with Gasteiger partial charge in [0.2, 0.25) is 17.7 Å². The second-order valence-electron chi connectivity index (χ2n) is 17.2.